The average Bonchev–Trinajstić information content (AvgIpc) is 1.68. The van der Waals surface area contributed by atoms with E-state index in [0.717, 1.165) is 6.04 Å². The number of hydrogen-bond donors (Lipinski definition) is 0. The summed E-state index contributed by atoms with van der Waals surface area (Å²) >= 11 is 0. The summed E-state index contributed by atoms with van der Waals surface area (Å²) in [5, 5.41) is 0. The van der Waals surface area contributed by atoms with Gasteiger partial charge in [-0.3, -0.25) is 0 Å². The lowest BCUT2D eigenvalue weighted by Crippen LogP contribution is -2.07. The van der Waals surface area contributed by atoms with Crippen molar-refractivity contribution in [1.29, 1.82) is 0 Å². The highest BCUT2D eigenvalue weighted by Crippen LogP contribution is 2.22. The molecule has 0 atom stereocenters. The Kier molecular flexibility index (Phi) is 2.58. The Morgan fingerprint density at radius 1 is 1.43 bits per heavy atom. The molecule has 7 heavy (non-hydrogen) atoms. The van der Waals surface area contributed by atoms with Crippen LogP contribution in [0.25, 0.3) is 0 Å². The predicted octanol–water partition coefficient (Wildman–Crippen LogP) is 2.01. The van der Waals surface area contributed by atoms with Crippen LogP contribution in [0.15, 0.2) is 0 Å². The van der Waals surface area contributed by atoms with Crippen LogP contribution in [0, 0.1) is 5.41 Å². The van der Waals surface area contributed by atoms with Crippen molar-refractivity contribution in [3.63, 3.8) is 0 Å². The molecule has 0 saturated carbocycles. The molecule has 0 heterocycles. The molecule has 0 aromatic carbocycles. The van der Waals surface area contributed by atoms with Crippen molar-refractivity contribution in [2.75, 3.05) is 0 Å². The Bertz CT molecular complexity index is 42.1. The van der Waals surface area contributed by atoms with Gasteiger partial charge < -0.3 is 0 Å². The zero-order valence-corrected chi connectivity index (χ0v) is 6.41. The zero-order chi connectivity index (χ0) is 5.91. The maximum Gasteiger partial charge on any atom is 0.0227 e. The summed E-state index contributed by atoms with van der Waals surface area (Å²) < 4.78 is 0. The molecule has 0 aliphatic rings. The summed E-state index contributed by atoms with van der Waals surface area (Å²) in [7, 11) is 3.48. The standard InChI is InChI=1S/C6H13Si/c1-4-6(2,3)5-7/h4-5H2,1-3H3. The molecule has 0 aromatic rings. The molecule has 1 heteroatoms. The summed E-state index contributed by atoms with van der Waals surface area (Å²) in [5.41, 5.74) is 0.497. The Balaban J connectivity index is 3.36. The van der Waals surface area contributed by atoms with Gasteiger partial charge in [-0.15, -0.1) is 0 Å². The first-order valence-corrected chi connectivity index (χ1v) is 3.47. The minimum atomic E-state index is 0.497. The van der Waals surface area contributed by atoms with Gasteiger partial charge in [0.2, 0.25) is 0 Å². The van der Waals surface area contributed by atoms with Crippen LogP contribution in [0.1, 0.15) is 27.2 Å². The molecule has 0 N–H and O–H groups in total. The fraction of sp³-hybridized carbons (Fsp3) is 1.00. The van der Waals surface area contributed by atoms with Gasteiger partial charge in [-0.25, -0.2) is 0 Å². The van der Waals surface area contributed by atoms with Gasteiger partial charge in [0.25, 0.3) is 0 Å². The molecule has 3 radical (unpaired) electrons. The molecule has 0 amide bonds. The molecule has 0 aromatic heterocycles. The van der Waals surface area contributed by atoms with Crippen molar-refractivity contribution in [3.8, 4) is 0 Å². The third-order valence-electron chi connectivity index (χ3n) is 1.44. The molecule has 0 aliphatic carbocycles. The zero-order valence-electron chi connectivity index (χ0n) is 5.41. The van der Waals surface area contributed by atoms with Crippen LogP contribution in [-0.4, -0.2) is 10.2 Å². The largest absolute Gasteiger partial charge is 0.0649 e. The molecule has 0 rings (SSSR count). The van der Waals surface area contributed by atoms with Crippen LogP contribution in [0.3, 0.4) is 0 Å². The Hall–Kier alpha value is 0.217. The van der Waals surface area contributed by atoms with E-state index >= 15 is 0 Å². The van der Waals surface area contributed by atoms with Gasteiger partial charge in [-0.1, -0.05) is 33.2 Å². The minimum Gasteiger partial charge on any atom is -0.0649 e. The Labute approximate surface area is 49.7 Å². The SMILES string of the molecule is CCC(C)(C)C[Si]. The lowest BCUT2D eigenvalue weighted by atomic mass is 9.93. The molecule has 0 fully saturated rings. The van der Waals surface area contributed by atoms with E-state index in [9.17, 15) is 0 Å². The van der Waals surface area contributed by atoms with Gasteiger partial charge in [-0.2, -0.15) is 0 Å². The van der Waals surface area contributed by atoms with Crippen LogP contribution in [0.2, 0.25) is 6.04 Å². The van der Waals surface area contributed by atoms with Crippen molar-refractivity contribution in [1.82, 2.24) is 0 Å². The van der Waals surface area contributed by atoms with E-state index in [1.807, 2.05) is 0 Å². The highest BCUT2D eigenvalue weighted by molar-refractivity contribution is 6.08. The number of hydrogen-bond acceptors (Lipinski definition) is 0. The van der Waals surface area contributed by atoms with E-state index < -0.39 is 0 Å². The molecular formula is C6H13Si. The van der Waals surface area contributed by atoms with E-state index in [1.165, 1.54) is 6.42 Å². The third kappa shape index (κ3) is 2.86. The molecule has 0 nitrogen and oxygen atoms in total. The van der Waals surface area contributed by atoms with Gasteiger partial charge in [0.1, 0.15) is 0 Å². The summed E-state index contributed by atoms with van der Waals surface area (Å²) in [6.07, 6.45) is 1.25. The van der Waals surface area contributed by atoms with E-state index in [0.29, 0.717) is 5.41 Å². The first kappa shape index (κ1) is 7.22. The molecule has 0 aliphatic heterocycles. The normalized spacial score (nSPS) is 12.0. The van der Waals surface area contributed by atoms with E-state index in [-0.39, 0.29) is 0 Å². The summed E-state index contributed by atoms with van der Waals surface area (Å²) in [5.74, 6) is 0. The smallest absolute Gasteiger partial charge is 0.0227 e. The third-order valence-corrected chi connectivity index (χ3v) is 2.39. The van der Waals surface area contributed by atoms with Crippen LogP contribution in [0.4, 0.5) is 0 Å². The average molecular weight is 113 g/mol. The summed E-state index contributed by atoms with van der Waals surface area (Å²) in [6, 6.07) is 1.10. The monoisotopic (exact) mass is 113 g/mol. The topological polar surface area (TPSA) is 0 Å². The fourth-order valence-electron chi connectivity index (χ4n) is 0.125. The van der Waals surface area contributed by atoms with E-state index in [1.54, 1.807) is 0 Å². The summed E-state index contributed by atoms with van der Waals surface area (Å²) in [6.45, 7) is 6.71. The van der Waals surface area contributed by atoms with Gasteiger partial charge in [-0.05, 0) is 5.41 Å². The van der Waals surface area contributed by atoms with Crippen molar-refractivity contribution < 1.29 is 0 Å². The van der Waals surface area contributed by atoms with Gasteiger partial charge in [0, 0.05) is 10.2 Å². The highest BCUT2D eigenvalue weighted by Gasteiger charge is 2.09. The van der Waals surface area contributed by atoms with E-state index in [2.05, 4.69) is 31.0 Å². The van der Waals surface area contributed by atoms with Crippen LogP contribution in [0.5, 0.6) is 0 Å². The Morgan fingerprint density at radius 2 is 1.86 bits per heavy atom. The predicted molar refractivity (Wildman–Crippen MR) is 34.6 cm³/mol. The maximum absolute atomic E-state index is 3.48. The quantitative estimate of drug-likeness (QED) is 0.480. The van der Waals surface area contributed by atoms with Crippen LogP contribution < -0.4 is 0 Å². The second-order valence-corrected chi connectivity index (χ2v) is 3.05. The second kappa shape index (κ2) is 2.51. The lowest BCUT2D eigenvalue weighted by Gasteiger charge is -2.18. The van der Waals surface area contributed by atoms with Crippen molar-refractivity contribution in [2.45, 2.75) is 33.2 Å². The van der Waals surface area contributed by atoms with Crippen molar-refractivity contribution in [3.05, 3.63) is 0 Å². The van der Waals surface area contributed by atoms with E-state index in [4.69, 9.17) is 0 Å². The highest BCUT2D eigenvalue weighted by atomic mass is 28.1. The number of rotatable bonds is 2. The second-order valence-electron chi connectivity index (χ2n) is 2.69. The first-order valence-electron chi connectivity index (χ1n) is 2.77. The molecule has 0 unspecified atom stereocenters. The molecule has 0 saturated heterocycles. The minimum absolute atomic E-state index is 0.497. The fourth-order valence-corrected chi connectivity index (χ4v) is 0.375. The van der Waals surface area contributed by atoms with Crippen molar-refractivity contribution in [2.24, 2.45) is 5.41 Å². The molecule has 0 bridgehead atoms. The molecular weight excluding hydrogens is 100 g/mol. The van der Waals surface area contributed by atoms with Gasteiger partial charge >= 0.3 is 0 Å². The molecule has 41 valence electrons. The lowest BCUT2D eigenvalue weighted by molar-refractivity contribution is 0.398. The maximum atomic E-state index is 3.48. The Morgan fingerprint density at radius 3 is 1.86 bits per heavy atom. The van der Waals surface area contributed by atoms with Crippen molar-refractivity contribution >= 4 is 10.2 Å². The first-order chi connectivity index (χ1) is 3.12. The summed E-state index contributed by atoms with van der Waals surface area (Å²) in [4.78, 5) is 0. The van der Waals surface area contributed by atoms with Gasteiger partial charge in [0.05, 0.1) is 0 Å². The van der Waals surface area contributed by atoms with Crippen LogP contribution >= 0.6 is 0 Å². The van der Waals surface area contributed by atoms with Crippen LogP contribution in [-0.2, 0) is 0 Å². The molecule has 0 spiro atoms. The van der Waals surface area contributed by atoms with Gasteiger partial charge in [0.15, 0.2) is 0 Å².